The number of halogens is 1. The zero-order valence-electron chi connectivity index (χ0n) is 12.8. The smallest absolute Gasteiger partial charge is 0.251 e. The molecular formula is C17H24BrNO2. The molecular weight excluding hydrogens is 330 g/mol. The summed E-state index contributed by atoms with van der Waals surface area (Å²) in [5.41, 5.74) is 0.597. The van der Waals surface area contributed by atoms with Crippen molar-refractivity contribution in [1.29, 1.82) is 0 Å². The van der Waals surface area contributed by atoms with E-state index in [9.17, 15) is 4.79 Å². The highest BCUT2D eigenvalue weighted by molar-refractivity contribution is 9.09. The summed E-state index contributed by atoms with van der Waals surface area (Å²) in [6, 6.07) is 7.35. The van der Waals surface area contributed by atoms with Gasteiger partial charge < -0.3 is 10.1 Å². The van der Waals surface area contributed by atoms with Gasteiger partial charge in [0.05, 0.1) is 12.1 Å². The van der Waals surface area contributed by atoms with Gasteiger partial charge in [-0.3, -0.25) is 4.79 Å². The van der Waals surface area contributed by atoms with Crippen LogP contribution in [0.25, 0.3) is 0 Å². The Morgan fingerprint density at radius 2 is 1.95 bits per heavy atom. The first-order chi connectivity index (χ1) is 10.1. The number of carbonyl (C=O) groups is 1. The SMILES string of the molecule is CCOc1ccc(C(=O)NC2(CBr)CCC(C)CC2)cc1. The van der Waals surface area contributed by atoms with Gasteiger partial charge in [0.25, 0.3) is 5.91 Å². The van der Waals surface area contributed by atoms with Crippen molar-refractivity contribution in [3.05, 3.63) is 29.8 Å². The molecule has 2 rings (SSSR count). The molecule has 116 valence electrons. The Kier molecular flexibility index (Phi) is 5.68. The maximum atomic E-state index is 12.5. The van der Waals surface area contributed by atoms with Gasteiger partial charge in [-0.05, 0) is 62.8 Å². The molecule has 0 radical (unpaired) electrons. The molecule has 0 saturated heterocycles. The number of hydrogen-bond acceptors (Lipinski definition) is 2. The summed E-state index contributed by atoms with van der Waals surface area (Å²) < 4.78 is 5.40. The molecule has 0 aliphatic heterocycles. The fourth-order valence-electron chi connectivity index (χ4n) is 2.79. The minimum absolute atomic E-state index is 0.00653. The third-order valence-corrected chi connectivity index (χ3v) is 5.37. The van der Waals surface area contributed by atoms with E-state index in [2.05, 4.69) is 28.2 Å². The lowest BCUT2D eigenvalue weighted by Crippen LogP contribution is -2.52. The van der Waals surface area contributed by atoms with E-state index in [1.165, 1.54) is 12.8 Å². The van der Waals surface area contributed by atoms with Crippen LogP contribution in [-0.2, 0) is 0 Å². The number of alkyl halides is 1. The van der Waals surface area contributed by atoms with Crippen molar-refractivity contribution in [2.75, 3.05) is 11.9 Å². The maximum absolute atomic E-state index is 12.5. The minimum Gasteiger partial charge on any atom is -0.494 e. The van der Waals surface area contributed by atoms with E-state index in [1.807, 2.05) is 31.2 Å². The van der Waals surface area contributed by atoms with Gasteiger partial charge in [-0.15, -0.1) is 0 Å². The fourth-order valence-corrected chi connectivity index (χ4v) is 3.49. The van der Waals surface area contributed by atoms with E-state index >= 15 is 0 Å². The van der Waals surface area contributed by atoms with Gasteiger partial charge in [-0.1, -0.05) is 22.9 Å². The predicted octanol–water partition coefficient (Wildman–Crippen LogP) is 4.16. The quantitative estimate of drug-likeness (QED) is 0.807. The first-order valence-corrected chi connectivity index (χ1v) is 8.82. The molecule has 0 spiro atoms. The Morgan fingerprint density at radius 1 is 1.33 bits per heavy atom. The number of amides is 1. The average Bonchev–Trinajstić information content (AvgIpc) is 2.51. The van der Waals surface area contributed by atoms with Crippen LogP contribution < -0.4 is 10.1 Å². The van der Waals surface area contributed by atoms with Gasteiger partial charge in [0.15, 0.2) is 0 Å². The zero-order chi connectivity index (χ0) is 15.3. The highest BCUT2D eigenvalue weighted by atomic mass is 79.9. The molecule has 1 amide bonds. The van der Waals surface area contributed by atoms with E-state index in [0.29, 0.717) is 12.2 Å². The van der Waals surface area contributed by atoms with Crippen LogP contribution in [0, 0.1) is 5.92 Å². The third-order valence-electron chi connectivity index (χ3n) is 4.29. The van der Waals surface area contributed by atoms with Crippen LogP contribution in [0.2, 0.25) is 0 Å². The van der Waals surface area contributed by atoms with E-state index < -0.39 is 0 Å². The number of ether oxygens (including phenoxy) is 1. The number of nitrogens with one attached hydrogen (secondary N) is 1. The number of benzene rings is 1. The molecule has 1 saturated carbocycles. The van der Waals surface area contributed by atoms with Crippen LogP contribution in [0.1, 0.15) is 49.9 Å². The molecule has 1 aliphatic carbocycles. The van der Waals surface area contributed by atoms with Crippen LogP contribution in [0.4, 0.5) is 0 Å². The third kappa shape index (κ3) is 4.22. The highest BCUT2D eigenvalue weighted by Gasteiger charge is 2.34. The van der Waals surface area contributed by atoms with Crippen LogP contribution in [0.3, 0.4) is 0 Å². The molecule has 1 fully saturated rings. The Bertz CT molecular complexity index is 464. The fraction of sp³-hybridized carbons (Fsp3) is 0.588. The second-order valence-corrected chi connectivity index (χ2v) is 6.57. The van der Waals surface area contributed by atoms with Gasteiger partial charge in [0, 0.05) is 10.9 Å². The maximum Gasteiger partial charge on any atom is 0.251 e. The summed E-state index contributed by atoms with van der Waals surface area (Å²) in [5.74, 6) is 1.57. The topological polar surface area (TPSA) is 38.3 Å². The van der Waals surface area contributed by atoms with E-state index in [1.54, 1.807) is 0 Å². The summed E-state index contributed by atoms with van der Waals surface area (Å²) >= 11 is 3.59. The van der Waals surface area contributed by atoms with E-state index in [4.69, 9.17) is 4.74 Å². The van der Waals surface area contributed by atoms with Crippen molar-refractivity contribution in [3.63, 3.8) is 0 Å². The Morgan fingerprint density at radius 3 is 2.48 bits per heavy atom. The molecule has 21 heavy (non-hydrogen) atoms. The molecule has 0 unspecified atom stereocenters. The van der Waals surface area contributed by atoms with Crippen molar-refractivity contribution in [2.24, 2.45) is 5.92 Å². The van der Waals surface area contributed by atoms with Crippen LogP contribution >= 0.6 is 15.9 Å². The molecule has 1 aromatic carbocycles. The van der Waals surface area contributed by atoms with Gasteiger partial charge in [0.1, 0.15) is 5.75 Å². The standard InChI is InChI=1S/C17H24BrNO2/c1-3-21-15-6-4-14(5-7-15)16(20)19-17(12-18)10-8-13(2)9-11-17/h4-7,13H,3,8-12H2,1-2H3,(H,19,20). The van der Waals surface area contributed by atoms with E-state index in [-0.39, 0.29) is 11.4 Å². The van der Waals surface area contributed by atoms with Gasteiger partial charge in [-0.25, -0.2) is 0 Å². The molecule has 3 nitrogen and oxygen atoms in total. The first-order valence-electron chi connectivity index (χ1n) is 7.70. The van der Waals surface area contributed by atoms with Crippen molar-refractivity contribution in [2.45, 2.75) is 45.1 Å². The van der Waals surface area contributed by atoms with Gasteiger partial charge in [-0.2, -0.15) is 0 Å². The Labute approximate surface area is 135 Å². The lowest BCUT2D eigenvalue weighted by Gasteiger charge is -2.39. The van der Waals surface area contributed by atoms with E-state index in [0.717, 1.165) is 29.8 Å². The average molecular weight is 354 g/mol. The predicted molar refractivity (Wildman–Crippen MR) is 89.2 cm³/mol. The molecule has 0 bridgehead atoms. The van der Waals surface area contributed by atoms with Crippen LogP contribution in [0.15, 0.2) is 24.3 Å². The van der Waals surface area contributed by atoms with Gasteiger partial charge in [0.2, 0.25) is 0 Å². The summed E-state index contributed by atoms with van der Waals surface area (Å²) in [6.07, 6.45) is 4.44. The second kappa shape index (κ2) is 7.30. The minimum atomic E-state index is -0.0951. The number of hydrogen-bond donors (Lipinski definition) is 1. The number of rotatable bonds is 5. The van der Waals surface area contributed by atoms with Crippen molar-refractivity contribution < 1.29 is 9.53 Å². The van der Waals surface area contributed by atoms with Crippen molar-refractivity contribution in [1.82, 2.24) is 5.32 Å². The Hall–Kier alpha value is -1.03. The number of carbonyl (C=O) groups excluding carboxylic acids is 1. The monoisotopic (exact) mass is 353 g/mol. The summed E-state index contributed by atoms with van der Waals surface area (Å²) in [6.45, 7) is 4.87. The molecule has 1 aromatic rings. The summed E-state index contributed by atoms with van der Waals surface area (Å²) in [4.78, 5) is 12.5. The zero-order valence-corrected chi connectivity index (χ0v) is 14.4. The summed E-state index contributed by atoms with van der Waals surface area (Å²) in [5, 5.41) is 4.06. The Balaban J connectivity index is 2.02. The lowest BCUT2D eigenvalue weighted by atomic mass is 9.78. The highest BCUT2D eigenvalue weighted by Crippen LogP contribution is 2.33. The second-order valence-electron chi connectivity index (χ2n) is 6.01. The van der Waals surface area contributed by atoms with Gasteiger partial charge >= 0.3 is 0 Å². The van der Waals surface area contributed by atoms with Crippen LogP contribution in [0.5, 0.6) is 5.75 Å². The first kappa shape index (κ1) is 16.3. The molecule has 1 aliphatic rings. The van der Waals surface area contributed by atoms with Crippen LogP contribution in [-0.4, -0.2) is 23.4 Å². The molecule has 4 heteroatoms. The molecule has 0 heterocycles. The summed E-state index contributed by atoms with van der Waals surface area (Å²) in [7, 11) is 0. The molecule has 1 N–H and O–H groups in total. The van der Waals surface area contributed by atoms with Crippen molar-refractivity contribution in [3.8, 4) is 5.75 Å². The normalized spacial score (nSPS) is 25.4. The molecule has 0 aromatic heterocycles. The lowest BCUT2D eigenvalue weighted by molar-refractivity contribution is 0.0874. The molecule has 0 atom stereocenters. The van der Waals surface area contributed by atoms with Crippen molar-refractivity contribution >= 4 is 21.8 Å². The largest absolute Gasteiger partial charge is 0.494 e.